The number of thiophene rings is 2. The minimum Gasteiger partial charge on any atom is -0.341 e. The van der Waals surface area contributed by atoms with E-state index in [-0.39, 0.29) is 18.4 Å². The van der Waals surface area contributed by atoms with Crippen molar-refractivity contribution in [3.05, 3.63) is 163 Å². The highest BCUT2D eigenvalue weighted by Gasteiger charge is 2.31. The van der Waals surface area contributed by atoms with Crippen LogP contribution in [0.3, 0.4) is 0 Å². The molecule has 2 amide bonds. The molecule has 0 fully saturated rings. The topological polar surface area (TPSA) is 68.1 Å². The van der Waals surface area contributed by atoms with Crippen LogP contribution in [0.5, 0.6) is 0 Å². The Morgan fingerprint density at radius 1 is 0.621 bits per heavy atom. The molecule has 0 spiro atoms. The first kappa shape index (κ1) is 38.7. The molecule has 0 aliphatic rings. The lowest BCUT2D eigenvalue weighted by molar-refractivity contribution is -0.138. The van der Waals surface area contributed by atoms with Crippen molar-refractivity contribution in [3.63, 3.8) is 0 Å². The smallest absolute Gasteiger partial charge is 0.341 e. The van der Waals surface area contributed by atoms with Crippen molar-refractivity contribution < 1.29 is 35.9 Å². The van der Waals surface area contributed by atoms with Gasteiger partial charge in [-0.25, -0.2) is 0 Å². The Labute approximate surface area is 336 Å². The molecule has 0 saturated heterocycles. The van der Waals surface area contributed by atoms with Crippen LogP contribution in [0.4, 0.5) is 37.7 Å². The molecular formula is C44H32F6N4O2S2. The molecule has 294 valence electrons. The molecule has 4 heterocycles. The van der Waals surface area contributed by atoms with Crippen LogP contribution in [0.1, 0.15) is 52.7 Å². The van der Waals surface area contributed by atoms with Crippen LogP contribution in [0.2, 0.25) is 0 Å². The summed E-state index contributed by atoms with van der Waals surface area (Å²) in [4.78, 5) is 28.3. The number of para-hydroxylation sites is 1. The van der Waals surface area contributed by atoms with E-state index >= 15 is 0 Å². The number of nitrogens with one attached hydrogen (secondary N) is 2. The van der Waals surface area contributed by atoms with Crippen LogP contribution in [0.25, 0.3) is 32.9 Å². The zero-order valence-corrected chi connectivity index (χ0v) is 32.4. The van der Waals surface area contributed by atoms with Gasteiger partial charge in [0, 0.05) is 36.3 Å². The standard InChI is InChI=1S/C44H32F6N4O2S2/c1-25-17-18-57-39(25)41(55)52-36-23-54(21-28-9-14-31(15-10-28)44(48,49)50)38-16-11-29(19-33(36)38)34-24-58-40(26(34)2)42(56)51-35-22-53(37-6-4-3-5-32(35)37)20-27-7-12-30(13-8-27)43(45,46)47/h3-19,22-24H,20-21H2,1-2H3,(H,51,56)(H,52,55). The van der Waals surface area contributed by atoms with Crippen molar-refractivity contribution in [2.75, 3.05) is 10.6 Å². The van der Waals surface area contributed by atoms with Crippen molar-refractivity contribution in [3.8, 4) is 11.1 Å². The zero-order chi connectivity index (χ0) is 40.9. The molecule has 0 aliphatic heterocycles. The van der Waals surface area contributed by atoms with Gasteiger partial charge in [0.1, 0.15) is 0 Å². The van der Waals surface area contributed by atoms with Gasteiger partial charge < -0.3 is 19.8 Å². The maximum atomic E-state index is 13.9. The van der Waals surface area contributed by atoms with E-state index in [1.807, 2.05) is 82.3 Å². The lowest BCUT2D eigenvalue weighted by Crippen LogP contribution is -2.11. The summed E-state index contributed by atoms with van der Waals surface area (Å²) in [6, 6.07) is 25.0. The van der Waals surface area contributed by atoms with Crippen molar-refractivity contribution in [2.24, 2.45) is 0 Å². The molecule has 0 saturated carbocycles. The highest BCUT2D eigenvalue weighted by atomic mass is 32.1. The number of hydrogen-bond acceptors (Lipinski definition) is 4. The second-order valence-corrected chi connectivity index (χ2v) is 15.7. The van der Waals surface area contributed by atoms with Gasteiger partial charge in [0.05, 0.1) is 43.3 Å². The molecule has 0 atom stereocenters. The summed E-state index contributed by atoms with van der Waals surface area (Å²) >= 11 is 2.61. The van der Waals surface area contributed by atoms with Gasteiger partial charge in [-0.05, 0) is 107 Å². The summed E-state index contributed by atoms with van der Waals surface area (Å²) in [5.74, 6) is -0.605. The molecule has 6 nitrogen and oxygen atoms in total. The maximum absolute atomic E-state index is 13.9. The Morgan fingerprint density at radius 3 is 1.71 bits per heavy atom. The predicted molar refractivity (Wildman–Crippen MR) is 218 cm³/mol. The normalized spacial score (nSPS) is 12.1. The maximum Gasteiger partial charge on any atom is 0.416 e. The number of hydrogen-bond donors (Lipinski definition) is 2. The molecule has 0 radical (unpaired) electrons. The summed E-state index contributed by atoms with van der Waals surface area (Å²) in [6.45, 7) is 4.26. The number of carbonyl (C=O) groups is 2. The van der Waals surface area contributed by atoms with E-state index in [0.29, 0.717) is 44.2 Å². The van der Waals surface area contributed by atoms with Crippen LogP contribution >= 0.6 is 22.7 Å². The van der Waals surface area contributed by atoms with Crippen LogP contribution in [-0.4, -0.2) is 20.9 Å². The number of carbonyl (C=O) groups excluding carboxylic acids is 2. The predicted octanol–water partition coefficient (Wildman–Crippen LogP) is 12.6. The molecule has 4 aromatic heterocycles. The van der Waals surface area contributed by atoms with Crippen LogP contribution in [0, 0.1) is 13.8 Å². The first-order valence-corrected chi connectivity index (χ1v) is 19.7. The van der Waals surface area contributed by atoms with Crippen molar-refractivity contribution in [1.29, 1.82) is 0 Å². The molecule has 0 aliphatic carbocycles. The minimum atomic E-state index is -4.45. The fraction of sp³-hybridized carbons (Fsp3) is 0.136. The molecule has 8 aromatic rings. The third kappa shape index (κ3) is 7.64. The highest BCUT2D eigenvalue weighted by molar-refractivity contribution is 7.13. The van der Waals surface area contributed by atoms with Gasteiger partial charge in [-0.3, -0.25) is 9.59 Å². The number of nitrogens with zero attached hydrogens (tertiary/aromatic N) is 2. The monoisotopic (exact) mass is 826 g/mol. The summed E-state index contributed by atoms with van der Waals surface area (Å²) in [7, 11) is 0. The van der Waals surface area contributed by atoms with Gasteiger partial charge in [0.15, 0.2) is 0 Å². The average Bonchev–Trinajstić information content (AvgIpc) is 3.96. The SMILES string of the molecule is Cc1ccsc1C(=O)Nc1cn(Cc2ccc(C(F)(F)F)cc2)c2ccc(-c3csc(C(=O)Nc4cn(Cc5ccc(C(F)(F)F)cc5)c5ccccc45)c3C)cc12. The number of halogens is 6. The minimum absolute atomic E-state index is 0.254. The second-order valence-electron chi connectivity index (χ2n) is 13.9. The molecule has 8 rings (SSSR count). The first-order chi connectivity index (χ1) is 27.6. The van der Waals surface area contributed by atoms with Crippen molar-refractivity contribution in [2.45, 2.75) is 39.3 Å². The van der Waals surface area contributed by atoms with E-state index in [1.165, 1.54) is 46.9 Å². The van der Waals surface area contributed by atoms with E-state index in [2.05, 4.69) is 10.6 Å². The van der Waals surface area contributed by atoms with E-state index in [9.17, 15) is 35.9 Å². The first-order valence-electron chi connectivity index (χ1n) is 17.9. The third-order valence-corrected chi connectivity index (χ3v) is 12.2. The Morgan fingerprint density at radius 2 is 1.16 bits per heavy atom. The van der Waals surface area contributed by atoms with Gasteiger partial charge in [-0.15, -0.1) is 22.7 Å². The van der Waals surface area contributed by atoms with E-state index in [4.69, 9.17) is 0 Å². The largest absolute Gasteiger partial charge is 0.416 e. The van der Waals surface area contributed by atoms with Crippen molar-refractivity contribution in [1.82, 2.24) is 9.13 Å². The number of benzene rings is 4. The summed E-state index contributed by atoms with van der Waals surface area (Å²) in [5.41, 5.74) is 5.66. The summed E-state index contributed by atoms with van der Waals surface area (Å²) < 4.78 is 82.9. The van der Waals surface area contributed by atoms with Gasteiger partial charge in [-0.1, -0.05) is 48.5 Å². The van der Waals surface area contributed by atoms with Crippen molar-refractivity contribution >= 4 is 67.7 Å². The number of rotatable bonds is 9. The molecule has 2 N–H and O–H groups in total. The number of anilines is 2. The third-order valence-electron chi connectivity index (χ3n) is 10.1. The summed E-state index contributed by atoms with van der Waals surface area (Å²) in [6.07, 6.45) is -5.32. The van der Waals surface area contributed by atoms with E-state index in [1.54, 1.807) is 12.4 Å². The van der Waals surface area contributed by atoms with Gasteiger partial charge in [0.2, 0.25) is 0 Å². The number of amides is 2. The van der Waals surface area contributed by atoms with E-state index in [0.717, 1.165) is 62.9 Å². The lowest BCUT2D eigenvalue weighted by Gasteiger charge is -2.09. The summed E-state index contributed by atoms with van der Waals surface area (Å²) in [5, 5.41) is 11.3. The highest BCUT2D eigenvalue weighted by Crippen LogP contribution is 2.38. The molecule has 14 heteroatoms. The molecular weight excluding hydrogens is 795 g/mol. The fourth-order valence-electron chi connectivity index (χ4n) is 7.05. The van der Waals surface area contributed by atoms with Gasteiger partial charge in [0.25, 0.3) is 11.8 Å². The van der Waals surface area contributed by atoms with Crippen LogP contribution in [-0.2, 0) is 25.4 Å². The second kappa shape index (κ2) is 15.0. The van der Waals surface area contributed by atoms with Crippen LogP contribution < -0.4 is 10.6 Å². The number of aryl methyl sites for hydroxylation is 1. The number of fused-ring (bicyclic) bond motifs is 2. The van der Waals surface area contributed by atoms with Gasteiger partial charge in [-0.2, -0.15) is 26.3 Å². The Balaban J connectivity index is 1.08. The molecule has 0 unspecified atom stereocenters. The number of aromatic nitrogens is 2. The Hall–Kier alpha value is -6.12. The quantitative estimate of drug-likeness (QED) is 0.142. The molecule has 4 aromatic carbocycles. The zero-order valence-electron chi connectivity index (χ0n) is 30.8. The Kier molecular flexibility index (Phi) is 10.0. The number of alkyl halides is 6. The average molecular weight is 827 g/mol. The lowest BCUT2D eigenvalue weighted by atomic mass is 10.0. The fourth-order valence-corrected chi connectivity index (χ4v) is 8.87. The Bertz CT molecular complexity index is 2830. The van der Waals surface area contributed by atoms with Gasteiger partial charge >= 0.3 is 12.4 Å². The van der Waals surface area contributed by atoms with Crippen LogP contribution in [0.15, 0.2) is 120 Å². The van der Waals surface area contributed by atoms with E-state index < -0.39 is 23.5 Å². The molecule has 58 heavy (non-hydrogen) atoms. The molecule has 0 bridgehead atoms.